The zero-order chi connectivity index (χ0) is 13.5. The fraction of sp³-hybridized carbons (Fsp3) is 0.385. The molecule has 1 N–H and O–H groups in total. The molecule has 0 bridgehead atoms. The summed E-state index contributed by atoms with van der Waals surface area (Å²) in [6.07, 6.45) is 1.48. The minimum Gasteiger partial charge on any atom is -0.383 e. The number of ether oxygens (including phenoxy) is 1. The van der Waals surface area contributed by atoms with Gasteiger partial charge in [0.05, 0.1) is 6.61 Å². The highest BCUT2D eigenvalue weighted by Gasteiger charge is 2.08. The number of methoxy groups -OCH3 is 1. The lowest BCUT2D eigenvalue weighted by molar-refractivity contribution is 0.200. The van der Waals surface area contributed by atoms with E-state index >= 15 is 0 Å². The van der Waals surface area contributed by atoms with Crippen LogP contribution >= 0.6 is 0 Å². The van der Waals surface area contributed by atoms with Gasteiger partial charge in [-0.05, 0) is 13.0 Å². The van der Waals surface area contributed by atoms with Crippen LogP contribution in [0.1, 0.15) is 12.5 Å². The number of hydrogen-bond donors (Lipinski definition) is 1. The molecular formula is C13H16F3NO. The summed E-state index contributed by atoms with van der Waals surface area (Å²) in [7, 11) is 1.60. The second kappa shape index (κ2) is 7.18. The second-order valence-corrected chi connectivity index (χ2v) is 3.95. The second-order valence-electron chi connectivity index (χ2n) is 3.95. The average Bonchev–Trinajstić information content (AvgIpc) is 2.32. The van der Waals surface area contributed by atoms with Crippen LogP contribution < -0.4 is 5.32 Å². The van der Waals surface area contributed by atoms with E-state index in [0.29, 0.717) is 25.8 Å². The van der Waals surface area contributed by atoms with Crippen molar-refractivity contribution in [1.82, 2.24) is 5.32 Å². The molecule has 18 heavy (non-hydrogen) atoms. The van der Waals surface area contributed by atoms with E-state index in [2.05, 4.69) is 5.32 Å². The van der Waals surface area contributed by atoms with Crippen molar-refractivity contribution in [2.24, 2.45) is 0 Å². The van der Waals surface area contributed by atoms with Crippen molar-refractivity contribution in [1.29, 1.82) is 0 Å². The highest BCUT2D eigenvalue weighted by Crippen LogP contribution is 2.16. The topological polar surface area (TPSA) is 21.3 Å². The summed E-state index contributed by atoms with van der Waals surface area (Å²) in [5.41, 5.74) is 0.857. The molecule has 2 nitrogen and oxygen atoms in total. The maximum absolute atomic E-state index is 13.3. The molecule has 1 aromatic rings. The summed E-state index contributed by atoms with van der Waals surface area (Å²) in [6, 6.07) is 1.40. The molecule has 5 heteroatoms. The third-order valence-electron chi connectivity index (χ3n) is 2.33. The van der Waals surface area contributed by atoms with Gasteiger partial charge in [-0.3, -0.25) is 0 Å². The van der Waals surface area contributed by atoms with Crippen LogP contribution in [0.4, 0.5) is 13.2 Å². The molecule has 0 heterocycles. The quantitative estimate of drug-likeness (QED) is 0.626. The molecule has 0 saturated carbocycles. The van der Waals surface area contributed by atoms with Gasteiger partial charge in [0, 0.05) is 31.8 Å². The fourth-order valence-corrected chi connectivity index (χ4v) is 1.42. The van der Waals surface area contributed by atoms with Gasteiger partial charge in [-0.1, -0.05) is 11.6 Å². The molecule has 0 saturated heterocycles. The van der Waals surface area contributed by atoms with E-state index in [1.165, 1.54) is 6.08 Å². The van der Waals surface area contributed by atoms with E-state index in [1.807, 2.05) is 0 Å². The van der Waals surface area contributed by atoms with Gasteiger partial charge in [0.15, 0.2) is 11.6 Å². The van der Waals surface area contributed by atoms with Crippen LogP contribution in [0, 0.1) is 17.5 Å². The van der Waals surface area contributed by atoms with Crippen molar-refractivity contribution < 1.29 is 17.9 Å². The molecule has 0 spiro atoms. The Balaban J connectivity index is 2.67. The maximum atomic E-state index is 13.3. The van der Waals surface area contributed by atoms with Gasteiger partial charge >= 0.3 is 0 Å². The summed E-state index contributed by atoms with van der Waals surface area (Å²) in [4.78, 5) is 0. The highest BCUT2D eigenvalue weighted by atomic mass is 19.2. The van der Waals surface area contributed by atoms with Crippen molar-refractivity contribution in [3.63, 3.8) is 0 Å². The molecule has 0 aromatic heterocycles. The van der Waals surface area contributed by atoms with Gasteiger partial charge in [0.25, 0.3) is 0 Å². The van der Waals surface area contributed by atoms with Crippen LogP contribution in [0.2, 0.25) is 0 Å². The average molecular weight is 259 g/mol. The zero-order valence-corrected chi connectivity index (χ0v) is 10.4. The predicted octanol–water partition coefficient (Wildman–Crippen LogP) is 2.74. The summed E-state index contributed by atoms with van der Waals surface area (Å²) >= 11 is 0. The van der Waals surface area contributed by atoms with Crippen LogP contribution in [-0.4, -0.2) is 26.8 Å². The Morgan fingerprint density at radius 1 is 1.22 bits per heavy atom. The number of halogens is 3. The molecule has 0 atom stereocenters. The molecular weight excluding hydrogens is 243 g/mol. The summed E-state index contributed by atoms with van der Waals surface area (Å²) in [5, 5.41) is 3.07. The Hall–Kier alpha value is -1.33. The van der Waals surface area contributed by atoms with Crippen molar-refractivity contribution >= 4 is 6.08 Å². The Bertz CT molecular complexity index is 432. The van der Waals surface area contributed by atoms with E-state index < -0.39 is 17.5 Å². The molecule has 0 unspecified atom stereocenters. The van der Waals surface area contributed by atoms with Crippen LogP contribution in [0.3, 0.4) is 0 Å². The van der Waals surface area contributed by atoms with Gasteiger partial charge in [0.2, 0.25) is 0 Å². The Kier molecular flexibility index (Phi) is 5.88. The Morgan fingerprint density at radius 3 is 2.56 bits per heavy atom. The first-order chi connectivity index (χ1) is 8.54. The lowest BCUT2D eigenvalue weighted by Gasteiger charge is -2.05. The van der Waals surface area contributed by atoms with E-state index in [-0.39, 0.29) is 5.56 Å². The SMILES string of the molecule is COCCNC/C(C)=C/c1cc(F)c(F)cc1F. The normalized spacial score (nSPS) is 11.9. The van der Waals surface area contributed by atoms with Crippen LogP contribution in [0.15, 0.2) is 17.7 Å². The number of rotatable bonds is 6. The van der Waals surface area contributed by atoms with Crippen molar-refractivity contribution in [3.05, 3.63) is 40.7 Å². The smallest absolute Gasteiger partial charge is 0.161 e. The monoisotopic (exact) mass is 259 g/mol. The predicted molar refractivity (Wildman–Crippen MR) is 64.7 cm³/mol. The minimum atomic E-state index is -1.18. The van der Waals surface area contributed by atoms with E-state index in [1.54, 1.807) is 14.0 Å². The van der Waals surface area contributed by atoms with Crippen LogP contribution in [0.5, 0.6) is 0 Å². The molecule has 0 fully saturated rings. The summed E-state index contributed by atoms with van der Waals surface area (Å²) in [5.74, 6) is -3.01. The maximum Gasteiger partial charge on any atom is 0.161 e. The third-order valence-corrected chi connectivity index (χ3v) is 2.33. The molecule has 1 aromatic carbocycles. The first-order valence-corrected chi connectivity index (χ1v) is 5.56. The van der Waals surface area contributed by atoms with Crippen molar-refractivity contribution in [2.75, 3.05) is 26.8 Å². The first-order valence-electron chi connectivity index (χ1n) is 5.56. The van der Waals surface area contributed by atoms with Crippen molar-refractivity contribution in [3.8, 4) is 0 Å². The Morgan fingerprint density at radius 2 is 1.89 bits per heavy atom. The Labute approximate surface area is 104 Å². The highest BCUT2D eigenvalue weighted by molar-refractivity contribution is 5.53. The lowest BCUT2D eigenvalue weighted by Crippen LogP contribution is -2.20. The lowest BCUT2D eigenvalue weighted by atomic mass is 10.1. The zero-order valence-electron chi connectivity index (χ0n) is 10.4. The minimum absolute atomic E-state index is 0.0416. The summed E-state index contributed by atoms with van der Waals surface area (Å²) < 4.78 is 43.9. The molecule has 1 rings (SSSR count). The molecule has 0 aliphatic rings. The van der Waals surface area contributed by atoms with Gasteiger partial charge < -0.3 is 10.1 Å². The third kappa shape index (κ3) is 4.50. The van der Waals surface area contributed by atoms with E-state index in [0.717, 1.165) is 11.6 Å². The van der Waals surface area contributed by atoms with Gasteiger partial charge in [0.1, 0.15) is 5.82 Å². The fourth-order valence-electron chi connectivity index (χ4n) is 1.42. The standard InChI is InChI=1S/C13H16F3NO/c1-9(8-17-3-4-18-2)5-10-6-12(15)13(16)7-11(10)14/h5-7,17H,3-4,8H2,1-2H3/b9-5+. The number of hydrogen-bond acceptors (Lipinski definition) is 2. The van der Waals surface area contributed by atoms with Gasteiger partial charge in [-0.2, -0.15) is 0 Å². The van der Waals surface area contributed by atoms with Crippen molar-refractivity contribution in [2.45, 2.75) is 6.92 Å². The number of nitrogens with one attached hydrogen (secondary N) is 1. The van der Waals surface area contributed by atoms with Crippen LogP contribution in [0.25, 0.3) is 6.08 Å². The largest absolute Gasteiger partial charge is 0.383 e. The summed E-state index contributed by atoms with van der Waals surface area (Å²) in [6.45, 7) is 3.55. The van der Waals surface area contributed by atoms with E-state index in [9.17, 15) is 13.2 Å². The molecule has 0 aliphatic carbocycles. The first kappa shape index (κ1) is 14.7. The number of benzene rings is 1. The molecule has 0 aliphatic heterocycles. The molecule has 0 amide bonds. The van der Waals surface area contributed by atoms with Gasteiger partial charge in [-0.25, -0.2) is 13.2 Å². The van der Waals surface area contributed by atoms with Crippen LogP contribution in [-0.2, 0) is 4.74 Å². The van der Waals surface area contributed by atoms with E-state index in [4.69, 9.17) is 4.74 Å². The molecule has 0 radical (unpaired) electrons. The van der Waals surface area contributed by atoms with Gasteiger partial charge in [-0.15, -0.1) is 0 Å². The molecule has 100 valence electrons.